The summed E-state index contributed by atoms with van der Waals surface area (Å²) in [5.41, 5.74) is 0.901. The van der Waals surface area contributed by atoms with Gasteiger partial charge in [0.2, 0.25) is 5.91 Å². The maximum atomic E-state index is 13.3. The Morgan fingerprint density at radius 2 is 1.88 bits per heavy atom. The van der Waals surface area contributed by atoms with E-state index in [0.29, 0.717) is 17.2 Å². The molecule has 0 heterocycles. The third kappa shape index (κ3) is 7.11. The molecule has 6 nitrogen and oxygen atoms in total. The third-order valence-electron chi connectivity index (χ3n) is 5.84. The van der Waals surface area contributed by atoms with Crippen LogP contribution in [0.2, 0.25) is 5.02 Å². The molecule has 1 aliphatic carbocycles. The smallest absolute Gasteiger partial charge is 0.261 e. The summed E-state index contributed by atoms with van der Waals surface area (Å²) in [6.45, 7) is 1.99. The van der Waals surface area contributed by atoms with Crippen molar-refractivity contribution in [1.82, 2.24) is 10.2 Å². The lowest BCUT2D eigenvalue weighted by Gasteiger charge is -2.31. The van der Waals surface area contributed by atoms with Crippen molar-refractivity contribution >= 4 is 39.3 Å². The van der Waals surface area contributed by atoms with E-state index in [4.69, 9.17) is 21.1 Å². The predicted octanol–water partition coefficient (Wildman–Crippen LogP) is 5.36. The highest BCUT2D eigenvalue weighted by Crippen LogP contribution is 2.28. The van der Waals surface area contributed by atoms with Gasteiger partial charge in [0.25, 0.3) is 5.91 Å². The van der Waals surface area contributed by atoms with Gasteiger partial charge in [0.1, 0.15) is 17.5 Å². The molecule has 1 fully saturated rings. The van der Waals surface area contributed by atoms with Gasteiger partial charge in [-0.05, 0) is 55.2 Å². The minimum atomic E-state index is -0.593. The van der Waals surface area contributed by atoms with E-state index in [9.17, 15) is 9.59 Å². The lowest BCUT2D eigenvalue weighted by molar-refractivity contribution is -0.143. The average molecular weight is 538 g/mol. The first-order chi connectivity index (χ1) is 15.9. The van der Waals surface area contributed by atoms with E-state index >= 15 is 0 Å². The molecular formula is C25H30BrClN2O4. The summed E-state index contributed by atoms with van der Waals surface area (Å²) in [4.78, 5) is 28.0. The number of amides is 2. The number of hydrogen-bond donors (Lipinski definition) is 1. The number of nitrogens with zero attached hydrogens (tertiary/aromatic N) is 1. The average Bonchev–Trinajstić information content (AvgIpc) is 3.31. The SMILES string of the molecule is CC[C@@H](C(=O)NC1CCCC1)N(Cc1ccc(OC)cc1)C(=O)COc1ccc(Br)cc1Cl. The monoisotopic (exact) mass is 536 g/mol. The van der Waals surface area contributed by atoms with Crippen molar-refractivity contribution in [3.05, 3.63) is 57.5 Å². The molecule has 0 spiro atoms. The van der Waals surface area contributed by atoms with Gasteiger partial charge in [0.15, 0.2) is 6.61 Å². The fourth-order valence-corrected chi connectivity index (χ4v) is 4.76. The highest BCUT2D eigenvalue weighted by molar-refractivity contribution is 9.10. The van der Waals surface area contributed by atoms with Crippen LogP contribution in [0.15, 0.2) is 46.9 Å². The van der Waals surface area contributed by atoms with Crippen LogP contribution in [-0.2, 0) is 16.1 Å². The van der Waals surface area contributed by atoms with Gasteiger partial charge in [0, 0.05) is 17.1 Å². The molecule has 0 aliphatic heterocycles. The molecule has 178 valence electrons. The normalized spacial score (nSPS) is 14.5. The predicted molar refractivity (Wildman–Crippen MR) is 133 cm³/mol. The molecule has 1 N–H and O–H groups in total. The van der Waals surface area contributed by atoms with Gasteiger partial charge in [-0.15, -0.1) is 0 Å². The van der Waals surface area contributed by atoms with Gasteiger partial charge in [-0.2, -0.15) is 0 Å². The van der Waals surface area contributed by atoms with Crippen LogP contribution in [0.1, 0.15) is 44.6 Å². The van der Waals surface area contributed by atoms with Crippen molar-refractivity contribution in [2.75, 3.05) is 13.7 Å². The molecule has 0 radical (unpaired) electrons. The highest BCUT2D eigenvalue weighted by atomic mass is 79.9. The maximum Gasteiger partial charge on any atom is 0.261 e. The largest absolute Gasteiger partial charge is 0.497 e. The molecule has 3 rings (SSSR count). The van der Waals surface area contributed by atoms with Crippen LogP contribution in [0.3, 0.4) is 0 Å². The Hall–Kier alpha value is -2.25. The topological polar surface area (TPSA) is 67.9 Å². The van der Waals surface area contributed by atoms with E-state index in [-0.39, 0.29) is 31.0 Å². The fourth-order valence-electron chi connectivity index (χ4n) is 4.03. The van der Waals surface area contributed by atoms with Crippen molar-refractivity contribution in [3.8, 4) is 11.5 Å². The molecule has 1 saturated carbocycles. The van der Waals surface area contributed by atoms with Crippen molar-refractivity contribution in [1.29, 1.82) is 0 Å². The Morgan fingerprint density at radius 3 is 2.48 bits per heavy atom. The molecule has 0 unspecified atom stereocenters. The lowest BCUT2D eigenvalue weighted by Crippen LogP contribution is -2.52. The van der Waals surface area contributed by atoms with E-state index < -0.39 is 6.04 Å². The van der Waals surface area contributed by atoms with Crippen LogP contribution in [0.25, 0.3) is 0 Å². The molecule has 1 aliphatic rings. The molecule has 2 aromatic rings. The highest BCUT2D eigenvalue weighted by Gasteiger charge is 2.31. The van der Waals surface area contributed by atoms with Crippen LogP contribution < -0.4 is 14.8 Å². The lowest BCUT2D eigenvalue weighted by atomic mass is 10.1. The molecule has 0 aromatic heterocycles. The van der Waals surface area contributed by atoms with Crippen LogP contribution in [0.5, 0.6) is 11.5 Å². The number of carbonyl (C=O) groups is 2. The van der Waals surface area contributed by atoms with Gasteiger partial charge in [0.05, 0.1) is 12.1 Å². The Labute approximate surface area is 208 Å². The van der Waals surface area contributed by atoms with Crippen LogP contribution >= 0.6 is 27.5 Å². The number of carbonyl (C=O) groups excluding carboxylic acids is 2. The molecular weight excluding hydrogens is 508 g/mol. The van der Waals surface area contributed by atoms with E-state index in [2.05, 4.69) is 21.2 Å². The zero-order chi connectivity index (χ0) is 23.8. The standard InChI is InChI=1S/C25H30BrClN2O4/c1-3-22(25(31)28-19-6-4-5-7-19)29(15-17-8-11-20(32-2)12-9-17)24(30)16-33-23-13-10-18(26)14-21(23)27/h8-14,19,22H,3-7,15-16H2,1-2H3,(H,28,31)/t22-/m0/s1. The van der Waals surface area contributed by atoms with Crippen LogP contribution in [0, 0.1) is 0 Å². The summed E-state index contributed by atoms with van der Waals surface area (Å²) in [6.07, 6.45) is 4.72. The second-order valence-electron chi connectivity index (χ2n) is 8.15. The molecule has 8 heteroatoms. The van der Waals surface area contributed by atoms with Crippen LogP contribution in [-0.4, -0.2) is 42.5 Å². The third-order valence-corrected chi connectivity index (χ3v) is 6.63. The molecule has 2 amide bonds. The number of halogens is 2. The Bertz CT molecular complexity index is 948. The summed E-state index contributed by atoms with van der Waals surface area (Å²) < 4.78 is 11.8. The second kappa shape index (κ2) is 12.3. The van der Waals surface area contributed by atoms with Crippen molar-refractivity contribution in [2.24, 2.45) is 0 Å². The quantitative estimate of drug-likeness (QED) is 0.443. The minimum absolute atomic E-state index is 0.118. The molecule has 33 heavy (non-hydrogen) atoms. The maximum absolute atomic E-state index is 13.3. The molecule has 2 aromatic carbocycles. The summed E-state index contributed by atoms with van der Waals surface area (Å²) in [7, 11) is 1.61. The van der Waals surface area contributed by atoms with Crippen LogP contribution in [0.4, 0.5) is 0 Å². The number of benzene rings is 2. The van der Waals surface area contributed by atoms with Crippen molar-refractivity contribution in [2.45, 2.75) is 57.7 Å². The summed E-state index contributed by atoms with van der Waals surface area (Å²) >= 11 is 9.59. The van der Waals surface area contributed by atoms with Gasteiger partial charge in [-0.25, -0.2) is 0 Å². The number of methoxy groups -OCH3 is 1. The molecule has 0 saturated heterocycles. The first-order valence-corrected chi connectivity index (χ1v) is 12.4. The first kappa shape index (κ1) is 25.4. The van der Waals surface area contributed by atoms with Gasteiger partial charge >= 0.3 is 0 Å². The van der Waals surface area contributed by atoms with Gasteiger partial charge in [-0.1, -0.05) is 59.4 Å². The molecule has 1 atom stereocenters. The second-order valence-corrected chi connectivity index (χ2v) is 9.47. The first-order valence-electron chi connectivity index (χ1n) is 11.2. The van der Waals surface area contributed by atoms with E-state index in [1.54, 1.807) is 30.2 Å². The zero-order valence-corrected chi connectivity index (χ0v) is 21.3. The Morgan fingerprint density at radius 1 is 1.18 bits per heavy atom. The minimum Gasteiger partial charge on any atom is -0.497 e. The van der Waals surface area contributed by atoms with E-state index in [1.807, 2.05) is 31.2 Å². The van der Waals surface area contributed by atoms with E-state index in [0.717, 1.165) is 41.5 Å². The van der Waals surface area contributed by atoms with Gasteiger partial charge < -0.3 is 19.7 Å². The van der Waals surface area contributed by atoms with Crippen molar-refractivity contribution in [3.63, 3.8) is 0 Å². The zero-order valence-electron chi connectivity index (χ0n) is 19.0. The fraction of sp³-hybridized carbons (Fsp3) is 0.440. The van der Waals surface area contributed by atoms with E-state index in [1.165, 1.54) is 0 Å². The summed E-state index contributed by atoms with van der Waals surface area (Å²) in [5, 5.41) is 3.55. The Balaban J connectivity index is 1.77. The number of hydrogen-bond acceptors (Lipinski definition) is 4. The summed E-state index contributed by atoms with van der Waals surface area (Å²) in [6, 6.07) is 12.3. The van der Waals surface area contributed by atoms with Crippen molar-refractivity contribution < 1.29 is 19.1 Å². The Kier molecular flexibility index (Phi) is 9.44. The van der Waals surface area contributed by atoms with Gasteiger partial charge in [-0.3, -0.25) is 9.59 Å². The number of ether oxygens (including phenoxy) is 2. The number of nitrogens with one attached hydrogen (secondary N) is 1. The summed E-state index contributed by atoms with van der Waals surface area (Å²) in [5.74, 6) is 0.753. The number of rotatable bonds is 10. The molecule has 0 bridgehead atoms.